The van der Waals surface area contributed by atoms with E-state index in [1.165, 1.54) is 6.07 Å². The molecule has 0 bridgehead atoms. The van der Waals surface area contributed by atoms with E-state index in [-0.39, 0.29) is 17.6 Å². The quantitative estimate of drug-likeness (QED) is 0.833. The zero-order valence-corrected chi connectivity index (χ0v) is 15.7. The normalized spacial score (nSPS) is 15.3. The molecular weight excluding hydrogens is 334 g/mol. The van der Waals surface area contributed by atoms with Crippen LogP contribution >= 0.6 is 0 Å². The number of piperidine rings is 1. The molecule has 0 atom stereocenters. The maximum atomic E-state index is 12.5. The van der Waals surface area contributed by atoms with Crippen LogP contribution in [0.3, 0.4) is 0 Å². The van der Waals surface area contributed by atoms with E-state index in [1.54, 1.807) is 11.6 Å². The van der Waals surface area contributed by atoms with Crippen LogP contribution in [0.1, 0.15) is 35.6 Å². The number of carbonyl (C=O) groups excluding carboxylic acids is 1. The molecule has 0 spiro atoms. The number of rotatable bonds is 4. The monoisotopic (exact) mass is 359 g/mol. The third-order valence-corrected chi connectivity index (χ3v) is 5.08. The first-order chi connectivity index (χ1) is 12.3. The number of ether oxygens (including phenoxy) is 1. The number of aryl methyl sites for hydroxylation is 3. The number of hydrogen-bond donors (Lipinski definition) is 0. The molecular formula is C19H25N3O4. The van der Waals surface area contributed by atoms with Crippen LogP contribution in [-0.2, 0) is 18.3 Å². The minimum atomic E-state index is -0.0768. The molecule has 2 aromatic heterocycles. The molecule has 26 heavy (non-hydrogen) atoms. The Morgan fingerprint density at radius 1 is 1.27 bits per heavy atom. The van der Waals surface area contributed by atoms with E-state index in [0.29, 0.717) is 31.0 Å². The van der Waals surface area contributed by atoms with Crippen molar-refractivity contribution in [2.75, 3.05) is 13.1 Å². The molecule has 0 saturated carbocycles. The molecule has 0 aromatic carbocycles. The fraction of sp³-hybridized carbons (Fsp3) is 0.526. The van der Waals surface area contributed by atoms with Gasteiger partial charge in [0.1, 0.15) is 17.6 Å². The zero-order chi connectivity index (χ0) is 18.8. The summed E-state index contributed by atoms with van der Waals surface area (Å²) in [6, 6.07) is 3.39. The molecule has 1 aliphatic heterocycles. The van der Waals surface area contributed by atoms with Crippen LogP contribution in [0, 0.1) is 20.8 Å². The third-order valence-electron chi connectivity index (χ3n) is 5.08. The fourth-order valence-electron chi connectivity index (χ4n) is 3.24. The van der Waals surface area contributed by atoms with Crippen LogP contribution in [0.25, 0.3) is 0 Å². The Labute approximate surface area is 152 Å². The van der Waals surface area contributed by atoms with E-state index in [0.717, 1.165) is 29.8 Å². The second-order valence-electron chi connectivity index (χ2n) is 6.91. The average Bonchev–Trinajstić information content (AvgIpc) is 2.92. The van der Waals surface area contributed by atoms with Gasteiger partial charge in [0.05, 0.1) is 12.1 Å². The molecule has 1 saturated heterocycles. The zero-order valence-electron chi connectivity index (χ0n) is 15.7. The average molecular weight is 359 g/mol. The third kappa shape index (κ3) is 3.81. The minimum Gasteiger partial charge on any atom is -0.490 e. The van der Waals surface area contributed by atoms with Crippen LogP contribution < -0.4 is 10.3 Å². The van der Waals surface area contributed by atoms with Crippen molar-refractivity contribution in [3.8, 4) is 5.75 Å². The van der Waals surface area contributed by atoms with Crippen molar-refractivity contribution in [2.24, 2.45) is 7.05 Å². The molecule has 1 amide bonds. The number of amides is 1. The summed E-state index contributed by atoms with van der Waals surface area (Å²) in [6.07, 6.45) is 1.84. The van der Waals surface area contributed by atoms with E-state index in [2.05, 4.69) is 5.16 Å². The number of nitrogens with zero attached hydrogens (tertiary/aromatic N) is 3. The van der Waals surface area contributed by atoms with Crippen LogP contribution in [0.4, 0.5) is 0 Å². The van der Waals surface area contributed by atoms with Gasteiger partial charge in [-0.3, -0.25) is 9.59 Å². The lowest BCUT2D eigenvalue weighted by atomic mass is 10.1. The number of pyridine rings is 1. The molecule has 3 rings (SSSR count). The van der Waals surface area contributed by atoms with Gasteiger partial charge in [-0.25, -0.2) is 0 Å². The highest BCUT2D eigenvalue weighted by atomic mass is 16.5. The molecule has 3 heterocycles. The SMILES string of the molecule is Cc1noc(C)c1CC(=O)N1CCC(Oc2cc(C)n(C)c(=O)c2)CC1. The summed E-state index contributed by atoms with van der Waals surface area (Å²) in [5.41, 5.74) is 2.44. The van der Waals surface area contributed by atoms with Crippen LogP contribution in [-0.4, -0.2) is 39.7 Å². The van der Waals surface area contributed by atoms with Crippen LogP contribution in [0.2, 0.25) is 0 Å². The summed E-state index contributed by atoms with van der Waals surface area (Å²) in [6.45, 7) is 6.86. The molecule has 0 aliphatic carbocycles. The van der Waals surface area contributed by atoms with Crippen molar-refractivity contribution in [1.29, 1.82) is 0 Å². The van der Waals surface area contributed by atoms with Crippen molar-refractivity contribution in [2.45, 2.75) is 46.1 Å². The molecule has 0 unspecified atom stereocenters. The highest BCUT2D eigenvalue weighted by molar-refractivity contribution is 5.79. The largest absolute Gasteiger partial charge is 0.490 e. The van der Waals surface area contributed by atoms with Gasteiger partial charge in [-0.05, 0) is 26.8 Å². The summed E-state index contributed by atoms with van der Waals surface area (Å²) in [5.74, 6) is 1.39. The van der Waals surface area contributed by atoms with Gasteiger partial charge in [0.2, 0.25) is 5.91 Å². The Morgan fingerprint density at radius 3 is 2.54 bits per heavy atom. The van der Waals surface area contributed by atoms with Crippen LogP contribution in [0.5, 0.6) is 5.75 Å². The minimum absolute atomic E-state index is 0.0182. The summed E-state index contributed by atoms with van der Waals surface area (Å²) in [5, 5.41) is 3.90. The molecule has 1 aliphatic rings. The van der Waals surface area contributed by atoms with Crippen molar-refractivity contribution in [3.05, 3.63) is 45.2 Å². The Hall–Kier alpha value is -2.57. The molecule has 7 nitrogen and oxygen atoms in total. The van der Waals surface area contributed by atoms with E-state index < -0.39 is 0 Å². The van der Waals surface area contributed by atoms with Gasteiger partial charge in [-0.1, -0.05) is 5.16 Å². The first kappa shape index (κ1) is 18.2. The Balaban J connectivity index is 1.56. The highest BCUT2D eigenvalue weighted by Gasteiger charge is 2.25. The first-order valence-electron chi connectivity index (χ1n) is 8.89. The second-order valence-corrected chi connectivity index (χ2v) is 6.91. The Kier molecular flexibility index (Phi) is 5.15. The molecule has 7 heteroatoms. The summed E-state index contributed by atoms with van der Waals surface area (Å²) >= 11 is 0. The summed E-state index contributed by atoms with van der Waals surface area (Å²) < 4.78 is 12.7. The van der Waals surface area contributed by atoms with Gasteiger partial charge in [0, 0.05) is 50.3 Å². The van der Waals surface area contributed by atoms with Crippen molar-refractivity contribution in [3.63, 3.8) is 0 Å². The number of likely N-dealkylation sites (tertiary alicyclic amines) is 1. The van der Waals surface area contributed by atoms with Crippen molar-refractivity contribution in [1.82, 2.24) is 14.6 Å². The van der Waals surface area contributed by atoms with Gasteiger partial charge in [-0.15, -0.1) is 0 Å². The standard InChI is InChI=1S/C19H25N3O4/c1-12-9-16(10-18(23)21(12)4)25-15-5-7-22(8-6-15)19(24)11-17-13(2)20-26-14(17)3/h9-10,15H,5-8,11H2,1-4H3. The first-order valence-corrected chi connectivity index (χ1v) is 8.89. The van der Waals surface area contributed by atoms with E-state index in [9.17, 15) is 9.59 Å². The molecule has 0 radical (unpaired) electrons. The molecule has 1 fully saturated rings. The molecule has 0 N–H and O–H groups in total. The van der Waals surface area contributed by atoms with Crippen molar-refractivity contribution >= 4 is 5.91 Å². The molecule has 2 aromatic rings. The maximum absolute atomic E-state index is 12.5. The Bertz CT molecular complexity index is 841. The van der Waals surface area contributed by atoms with Gasteiger partial charge >= 0.3 is 0 Å². The van der Waals surface area contributed by atoms with Gasteiger partial charge in [-0.2, -0.15) is 0 Å². The smallest absolute Gasteiger partial charge is 0.254 e. The number of aromatic nitrogens is 2. The van der Waals surface area contributed by atoms with Gasteiger partial charge < -0.3 is 18.7 Å². The summed E-state index contributed by atoms with van der Waals surface area (Å²) in [4.78, 5) is 26.3. The van der Waals surface area contributed by atoms with Gasteiger partial charge in [0.25, 0.3) is 5.56 Å². The predicted molar refractivity (Wildman–Crippen MR) is 96.3 cm³/mol. The van der Waals surface area contributed by atoms with Gasteiger partial charge in [0.15, 0.2) is 0 Å². The van der Waals surface area contributed by atoms with E-state index in [1.807, 2.05) is 31.7 Å². The molecule has 140 valence electrons. The van der Waals surface area contributed by atoms with E-state index >= 15 is 0 Å². The number of carbonyl (C=O) groups is 1. The predicted octanol–water partition coefficient (Wildman–Crippen LogP) is 1.91. The topological polar surface area (TPSA) is 77.6 Å². The highest BCUT2D eigenvalue weighted by Crippen LogP contribution is 2.20. The lowest BCUT2D eigenvalue weighted by molar-refractivity contribution is -0.132. The lowest BCUT2D eigenvalue weighted by Gasteiger charge is -2.32. The fourth-order valence-corrected chi connectivity index (χ4v) is 3.24. The lowest BCUT2D eigenvalue weighted by Crippen LogP contribution is -2.42. The maximum Gasteiger partial charge on any atom is 0.254 e. The van der Waals surface area contributed by atoms with Crippen molar-refractivity contribution < 1.29 is 14.1 Å². The Morgan fingerprint density at radius 2 is 1.96 bits per heavy atom. The number of hydrogen-bond acceptors (Lipinski definition) is 5. The second kappa shape index (κ2) is 7.35. The summed E-state index contributed by atoms with van der Waals surface area (Å²) in [7, 11) is 1.74. The van der Waals surface area contributed by atoms with Crippen LogP contribution in [0.15, 0.2) is 21.5 Å². The van der Waals surface area contributed by atoms with E-state index in [4.69, 9.17) is 9.26 Å².